The first-order valence-electron chi connectivity index (χ1n) is 8.08. The van der Waals surface area contributed by atoms with E-state index in [9.17, 15) is 4.79 Å². The van der Waals surface area contributed by atoms with E-state index < -0.39 is 0 Å². The van der Waals surface area contributed by atoms with Gasteiger partial charge in [0.15, 0.2) is 17.3 Å². The molecule has 1 aromatic heterocycles. The summed E-state index contributed by atoms with van der Waals surface area (Å²) < 4.78 is 21.0. The van der Waals surface area contributed by atoms with E-state index >= 15 is 0 Å². The van der Waals surface area contributed by atoms with Crippen molar-refractivity contribution < 1.29 is 23.5 Å². The van der Waals surface area contributed by atoms with Crippen LogP contribution in [0.1, 0.15) is 17.3 Å². The van der Waals surface area contributed by atoms with Gasteiger partial charge in [0.05, 0.1) is 13.0 Å². The number of nitrogens with one attached hydrogen (secondary N) is 1. The van der Waals surface area contributed by atoms with Crippen molar-refractivity contribution >= 4 is 5.91 Å². The summed E-state index contributed by atoms with van der Waals surface area (Å²) >= 11 is 0. The van der Waals surface area contributed by atoms with E-state index in [-0.39, 0.29) is 11.8 Å². The third kappa shape index (κ3) is 4.08. The van der Waals surface area contributed by atoms with Gasteiger partial charge in [0.25, 0.3) is 0 Å². The van der Waals surface area contributed by atoms with E-state index in [0.29, 0.717) is 50.1 Å². The molecule has 0 spiro atoms. The molecule has 2 aromatic rings. The Labute approximate surface area is 145 Å². The molecule has 1 aromatic carbocycles. The molecule has 0 saturated heterocycles. The third-order valence-corrected chi connectivity index (χ3v) is 3.97. The molecule has 134 valence electrons. The molecule has 1 N–H and O–H groups in total. The standard InChI is InChI=1S/C17H21N3O5/c1-22-10-14-19-15(25-20-14)6-7-18-17(21)12-8-11-4-3-5-13(23-2)16(11)24-9-12/h3-5,12H,6-10H2,1-2H3,(H,18,21). The first kappa shape index (κ1) is 17.2. The van der Waals surface area contributed by atoms with Crippen LogP contribution >= 0.6 is 0 Å². The molecule has 8 nitrogen and oxygen atoms in total. The highest BCUT2D eigenvalue weighted by Gasteiger charge is 2.27. The third-order valence-electron chi connectivity index (χ3n) is 3.97. The Kier molecular flexibility index (Phi) is 5.49. The first-order chi connectivity index (χ1) is 12.2. The minimum Gasteiger partial charge on any atom is -0.493 e. The summed E-state index contributed by atoms with van der Waals surface area (Å²) in [4.78, 5) is 16.5. The lowest BCUT2D eigenvalue weighted by atomic mass is 9.95. The van der Waals surface area contributed by atoms with E-state index in [1.54, 1.807) is 14.2 Å². The number of benzene rings is 1. The lowest BCUT2D eigenvalue weighted by Gasteiger charge is -2.25. The normalized spacial score (nSPS) is 16.0. The van der Waals surface area contributed by atoms with Crippen LogP contribution in [-0.4, -0.2) is 43.4 Å². The maximum Gasteiger partial charge on any atom is 0.228 e. The fourth-order valence-corrected chi connectivity index (χ4v) is 2.74. The van der Waals surface area contributed by atoms with Gasteiger partial charge in [-0.25, -0.2) is 0 Å². The van der Waals surface area contributed by atoms with Gasteiger partial charge in [-0.15, -0.1) is 0 Å². The van der Waals surface area contributed by atoms with Gasteiger partial charge in [-0.2, -0.15) is 4.98 Å². The average Bonchev–Trinajstić information content (AvgIpc) is 3.08. The molecule has 8 heteroatoms. The molecule has 1 aliphatic heterocycles. The summed E-state index contributed by atoms with van der Waals surface area (Å²) in [5, 5.41) is 6.67. The van der Waals surface area contributed by atoms with E-state index in [4.69, 9.17) is 18.7 Å². The molecule has 0 bridgehead atoms. The quantitative estimate of drug-likeness (QED) is 0.802. The van der Waals surface area contributed by atoms with E-state index in [1.165, 1.54) is 0 Å². The van der Waals surface area contributed by atoms with Crippen LogP contribution in [0.25, 0.3) is 0 Å². The van der Waals surface area contributed by atoms with Crippen molar-refractivity contribution in [3.63, 3.8) is 0 Å². The number of nitrogens with zero attached hydrogens (tertiary/aromatic N) is 2. The number of amides is 1. The molecule has 2 heterocycles. The van der Waals surface area contributed by atoms with Crippen LogP contribution in [-0.2, 0) is 29.0 Å². The van der Waals surface area contributed by atoms with Crippen LogP contribution in [0.15, 0.2) is 22.7 Å². The van der Waals surface area contributed by atoms with Crippen molar-refractivity contribution in [1.29, 1.82) is 0 Å². The van der Waals surface area contributed by atoms with Gasteiger partial charge in [0.2, 0.25) is 11.8 Å². The number of methoxy groups -OCH3 is 2. The van der Waals surface area contributed by atoms with E-state index in [0.717, 1.165) is 11.3 Å². The number of fused-ring (bicyclic) bond motifs is 1. The SMILES string of the molecule is COCc1noc(CCNC(=O)C2COc3c(cccc3OC)C2)n1. The van der Waals surface area contributed by atoms with Crippen molar-refractivity contribution in [2.45, 2.75) is 19.4 Å². The monoisotopic (exact) mass is 347 g/mol. The highest BCUT2D eigenvalue weighted by Crippen LogP contribution is 2.35. The second kappa shape index (κ2) is 7.98. The summed E-state index contributed by atoms with van der Waals surface area (Å²) in [5.74, 6) is 2.11. The zero-order chi connectivity index (χ0) is 17.6. The molecule has 0 aliphatic carbocycles. The molecule has 1 aliphatic rings. The largest absolute Gasteiger partial charge is 0.493 e. The summed E-state index contributed by atoms with van der Waals surface area (Å²) in [7, 11) is 3.17. The van der Waals surface area contributed by atoms with Crippen molar-refractivity contribution in [2.24, 2.45) is 5.92 Å². The maximum atomic E-state index is 12.4. The van der Waals surface area contributed by atoms with E-state index in [1.807, 2.05) is 18.2 Å². The van der Waals surface area contributed by atoms with Crippen molar-refractivity contribution in [3.05, 3.63) is 35.5 Å². The molecule has 1 atom stereocenters. The summed E-state index contributed by atoms with van der Waals surface area (Å²) in [6.45, 7) is 1.06. The molecule has 1 amide bonds. The summed E-state index contributed by atoms with van der Waals surface area (Å²) in [6.07, 6.45) is 1.09. The van der Waals surface area contributed by atoms with Gasteiger partial charge in [0.1, 0.15) is 13.2 Å². The molecule has 0 saturated carbocycles. The highest BCUT2D eigenvalue weighted by molar-refractivity contribution is 5.79. The lowest BCUT2D eigenvalue weighted by molar-refractivity contribution is -0.126. The van der Waals surface area contributed by atoms with Crippen LogP contribution in [0, 0.1) is 5.92 Å². The van der Waals surface area contributed by atoms with Crippen molar-refractivity contribution in [1.82, 2.24) is 15.5 Å². The van der Waals surface area contributed by atoms with Crippen LogP contribution in [0.2, 0.25) is 0 Å². The Morgan fingerprint density at radius 2 is 2.28 bits per heavy atom. The molecule has 0 fully saturated rings. The Morgan fingerprint density at radius 3 is 3.08 bits per heavy atom. The van der Waals surface area contributed by atoms with Gasteiger partial charge in [0, 0.05) is 20.1 Å². The minimum absolute atomic E-state index is 0.0508. The van der Waals surface area contributed by atoms with Crippen LogP contribution in [0.5, 0.6) is 11.5 Å². The van der Waals surface area contributed by atoms with Crippen LogP contribution in [0.4, 0.5) is 0 Å². The molecular formula is C17H21N3O5. The lowest BCUT2D eigenvalue weighted by Crippen LogP contribution is -2.38. The number of rotatable bonds is 7. The molecule has 0 radical (unpaired) electrons. The zero-order valence-corrected chi connectivity index (χ0v) is 14.3. The fourth-order valence-electron chi connectivity index (χ4n) is 2.74. The van der Waals surface area contributed by atoms with Crippen LogP contribution in [0.3, 0.4) is 0 Å². The first-order valence-corrected chi connectivity index (χ1v) is 8.08. The Hall–Kier alpha value is -2.61. The summed E-state index contributed by atoms with van der Waals surface area (Å²) in [5.41, 5.74) is 0.979. The Bertz CT molecular complexity index is 731. The van der Waals surface area contributed by atoms with E-state index in [2.05, 4.69) is 15.5 Å². The number of carbonyl (C=O) groups excluding carboxylic acids is 1. The number of hydrogen-bond donors (Lipinski definition) is 1. The predicted octanol–water partition coefficient (Wildman–Crippen LogP) is 1.13. The number of hydrogen-bond acceptors (Lipinski definition) is 7. The molecule has 3 rings (SSSR count). The highest BCUT2D eigenvalue weighted by atomic mass is 16.5. The maximum absolute atomic E-state index is 12.4. The molecular weight excluding hydrogens is 326 g/mol. The Balaban J connectivity index is 1.50. The average molecular weight is 347 g/mol. The van der Waals surface area contributed by atoms with Gasteiger partial charge < -0.3 is 24.1 Å². The van der Waals surface area contributed by atoms with Gasteiger partial charge in [-0.3, -0.25) is 4.79 Å². The number of carbonyl (C=O) groups is 1. The predicted molar refractivity (Wildman–Crippen MR) is 87.4 cm³/mol. The smallest absolute Gasteiger partial charge is 0.228 e. The fraction of sp³-hybridized carbons (Fsp3) is 0.471. The van der Waals surface area contributed by atoms with Crippen molar-refractivity contribution in [2.75, 3.05) is 27.4 Å². The summed E-state index contributed by atoms with van der Waals surface area (Å²) in [6, 6.07) is 5.70. The van der Waals surface area contributed by atoms with Crippen molar-refractivity contribution in [3.8, 4) is 11.5 Å². The second-order valence-corrected chi connectivity index (χ2v) is 5.74. The van der Waals surface area contributed by atoms with Gasteiger partial charge >= 0.3 is 0 Å². The number of para-hydroxylation sites is 1. The number of aromatic nitrogens is 2. The second-order valence-electron chi connectivity index (χ2n) is 5.74. The molecule has 1 unspecified atom stereocenters. The molecule has 25 heavy (non-hydrogen) atoms. The van der Waals surface area contributed by atoms with Crippen LogP contribution < -0.4 is 14.8 Å². The van der Waals surface area contributed by atoms with Gasteiger partial charge in [-0.05, 0) is 18.1 Å². The Morgan fingerprint density at radius 1 is 1.40 bits per heavy atom. The van der Waals surface area contributed by atoms with Gasteiger partial charge in [-0.1, -0.05) is 17.3 Å². The topological polar surface area (TPSA) is 95.7 Å². The number of ether oxygens (including phenoxy) is 3. The minimum atomic E-state index is -0.230. The zero-order valence-electron chi connectivity index (χ0n) is 14.3.